The molecular formula is C16H15NO3. The fourth-order valence-electron chi connectivity index (χ4n) is 3.39. The Morgan fingerprint density at radius 3 is 2.50 bits per heavy atom. The molecule has 4 heteroatoms. The van der Waals surface area contributed by atoms with Crippen LogP contribution in [0.2, 0.25) is 0 Å². The van der Waals surface area contributed by atoms with Gasteiger partial charge in [-0.2, -0.15) is 0 Å². The maximum absolute atomic E-state index is 11.4. The zero-order valence-electron chi connectivity index (χ0n) is 11.0. The van der Waals surface area contributed by atoms with Gasteiger partial charge >= 0.3 is 5.97 Å². The van der Waals surface area contributed by atoms with Gasteiger partial charge in [0, 0.05) is 11.5 Å². The molecular weight excluding hydrogens is 254 g/mol. The van der Waals surface area contributed by atoms with E-state index in [4.69, 9.17) is 4.42 Å². The van der Waals surface area contributed by atoms with Crippen molar-refractivity contribution in [1.29, 1.82) is 0 Å². The minimum Gasteiger partial charge on any atom is -0.476 e. The summed E-state index contributed by atoms with van der Waals surface area (Å²) in [6, 6.07) is 9.46. The molecule has 0 saturated heterocycles. The van der Waals surface area contributed by atoms with Crippen molar-refractivity contribution in [3.8, 4) is 11.5 Å². The lowest BCUT2D eigenvalue weighted by Gasteiger charge is -2.08. The predicted molar refractivity (Wildman–Crippen MR) is 72.5 cm³/mol. The summed E-state index contributed by atoms with van der Waals surface area (Å²) in [5.41, 5.74) is 0.916. The summed E-state index contributed by atoms with van der Waals surface area (Å²) in [6.45, 7) is 0. The van der Waals surface area contributed by atoms with Crippen molar-refractivity contribution in [3.63, 3.8) is 0 Å². The molecule has 2 aliphatic carbocycles. The van der Waals surface area contributed by atoms with Gasteiger partial charge < -0.3 is 9.52 Å². The number of hydrogen-bond acceptors (Lipinski definition) is 3. The van der Waals surface area contributed by atoms with E-state index in [1.807, 2.05) is 30.3 Å². The van der Waals surface area contributed by atoms with E-state index < -0.39 is 5.97 Å². The summed E-state index contributed by atoms with van der Waals surface area (Å²) in [6.07, 6.45) is 3.40. The largest absolute Gasteiger partial charge is 0.476 e. The summed E-state index contributed by atoms with van der Waals surface area (Å²) >= 11 is 0. The van der Waals surface area contributed by atoms with Gasteiger partial charge in [0.1, 0.15) is 5.76 Å². The fourth-order valence-corrected chi connectivity index (χ4v) is 3.39. The number of aromatic nitrogens is 1. The second kappa shape index (κ2) is 4.20. The van der Waals surface area contributed by atoms with Crippen LogP contribution in [-0.4, -0.2) is 16.1 Å². The van der Waals surface area contributed by atoms with Crippen molar-refractivity contribution in [1.82, 2.24) is 4.98 Å². The smallest absolute Gasteiger partial charge is 0.358 e. The second-order valence-corrected chi connectivity index (χ2v) is 5.83. The lowest BCUT2D eigenvalue weighted by Crippen LogP contribution is -2.05. The zero-order valence-corrected chi connectivity index (χ0v) is 11.0. The molecule has 0 radical (unpaired) electrons. The lowest BCUT2D eigenvalue weighted by molar-refractivity contribution is 0.0688. The fraction of sp³-hybridized carbons (Fsp3) is 0.375. The number of nitrogens with zero attached hydrogens (tertiary/aromatic N) is 1. The highest BCUT2D eigenvalue weighted by Crippen LogP contribution is 2.58. The first-order valence-electron chi connectivity index (χ1n) is 7.02. The Morgan fingerprint density at radius 1 is 1.15 bits per heavy atom. The van der Waals surface area contributed by atoms with E-state index in [0.717, 1.165) is 30.2 Å². The highest BCUT2D eigenvalue weighted by molar-refractivity contribution is 5.87. The Hall–Kier alpha value is -2.10. The van der Waals surface area contributed by atoms with Crippen LogP contribution in [0.1, 0.15) is 41.4 Å². The van der Waals surface area contributed by atoms with Crippen molar-refractivity contribution in [2.24, 2.45) is 11.8 Å². The molecule has 1 aromatic carbocycles. The molecule has 1 aromatic heterocycles. The van der Waals surface area contributed by atoms with Gasteiger partial charge in [-0.05, 0) is 43.2 Å². The quantitative estimate of drug-likeness (QED) is 0.925. The summed E-state index contributed by atoms with van der Waals surface area (Å²) in [5.74, 6) is 1.79. The third-order valence-corrected chi connectivity index (χ3v) is 4.49. The standard InChI is InChI=1S/C16H15NO3/c18-16(19)13-14(12-7-10-6-11(10)8-12)20-15(17-13)9-4-2-1-3-5-9/h1-5,10-12H,6-8H2,(H,18,19). The molecule has 4 nitrogen and oxygen atoms in total. The molecule has 2 atom stereocenters. The first-order chi connectivity index (χ1) is 9.72. The normalized spacial score (nSPS) is 27.3. The van der Waals surface area contributed by atoms with E-state index in [2.05, 4.69) is 4.98 Å². The van der Waals surface area contributed by atoms with Gasteiger partial charge in [-0.1, -0.05) is 18.2 Å². The number of aromatic carboxylic acids is 1. The first kappa shape index (κ1) is 11.7. The van der Waals surface area contributed by atoms with Crippen LogP contribution in [0.5, 0.6) is 0 Å². The van der Waals surface area contributed by atoms with Crippen LogP contribution in [0, 0.1) is 11.8 Å². The minimum absolute atomic E-state index is 0.0927. The van der Waals surface area contributed by atoms with Crippen LogP contribution >= 0.6 is 0 Å². The average Bonchev–Trinajstić information content (AvgIpc) is 2.92. The van der Waals surface area contributed by atoms with Gasteiger partial charge in [-0.15, -0.1) is 0 Å². The molecule has 0 aliphatic heterocycles. The summed E-state index contributed by atoms with van der Waals surface area (Å²) in [4.78, 5) is 15.6. The van der Waals surface area contributed by atoms with Crippen molar-refractivity contribution >= 4 is 5.97 Å². The number of fused-ring (bicyclic) bond motifs is 1. The van der Waals surface area contributed by atoms with Gasteiger partial charge in [0.2, 0.25) is 5.89 Å². The maximum Gasteiger partial charge on any atom is 0.358 e. The second-order valence-electron chi connectivity index (χ2n) is 5.83. The van der Waals surface area contributed by atoms with Crippen molar-refractivity contribution in [2.75, 3.05) is 0 Å². The molecule has 1 heterocycles. The molecule has 0 amide bonds. The van der Waals surface area contributed by atoms with E-state index in [1.54, 1.807) is 0 Å². The Kier molecular flexibility index (Phi) is 2.46. The Bertz CT molecular complexity index is 652. The number of carboxylic acids is 1. The SMILES string of the molecule is O=C(O)c1nc(-c2ccccc2)oc1C1CC2CC2C1. The zero-order chi connectivity index (χ0) is 13.7. The Labute approximate surface area is 116 Å². The number of carbonyl (C=O) groups is 1. The van der Waals surface area contributed by atoms with Gasteiger partial charge in [-0.25, -0.2) is 9.78 Å². The van der Waals surface area contributed by atoms with Gasteiger partial charge in [0.15, 0.2) is 5.69 Å². The van der Waals surface area contributed by atoms with Crippen molar-refractivity contribution < 1.29 is 14.3 Å². The molecule has 0 spiro atoms. The van der Waals surface area contributed by atoms with E-state index >= 15 is 0 Å². The molecule has 2 fully saturated rings. The number of rotatable bonds is 3. The van der Waals surface area contributed by atoms with Gasteiger partial charge in [0.05, 0.1) is 0 Å². The highest BCUT2D eigenvalue weighted by atomic mass is 16.4. The average molecular weight is 269 g/mol. The lowest BCUT2D eigenvalue weighted by atomic mass is 9.99. The van der Waals surface area contributed by atoms with Crippen LogP contribution in [0.3, 0.4) is 0 Å². The summed E-state index contributed by atoms with van der Waals surface area (Å²) < 4.78 is 5.82. The number of hydrogen-bond donors (Lipinski definition) is 1. The Balaban J connectivity index is 1.74. The van der Waals surface area contributed by atoms with E-state index in [1.165, 1.54) is 6.42 Å². The molecule has 2 aromatic rings. The monoisotopic (exact) mass is 269 g/mol. The third-order valence-electron chi connectivity index (χ3n) is 4.49. The highest BCUT2D eigenvalue weighted by Gasteiger charge is 2.48. The third kappa shape index (κ3) is 1.83. The van der Waals surface area contributed by atoms with Crippen LogP contribution in [0.4, 0.5) is 0 Å². The molecule has 2 unspecified atom stereocenters. The molecule has 2 saturated carbocycles. The number of carboxylic acid groups (broad SMARTS) is 1. The van der Waals surface area contributed by atoms with E-state index in [-0.39, 0.29) is 11.6 Å². The van der Waals surface area contributed by atoms with Gasteiger partial charge in [0.25, 0.3) is 0 Å². The molecule has 2 aliphatic rings. The minimum atomic E-state index is -0.994. The number of oxazole rings is 1. The summed E-state index contributed by atoms with van der Waals surface area (Å²) in [5, 5.41) is 9.34. The topological polar surface area (TPSA) is 63.3 Å². The van der Waals surface area contributed by atoms with Crippen molar-refractivity contribution in [3.05, 3.63) is 41.8 Å². The molecule has 20 heavy (non-hydrogen) atoms. The van der Waals surface area contributed by atoms with Crippen LogP contribution in [0.15, 0.2) is 34.7 Å². The summed E-state index contributed by atoms with van der Waals surface area (Å²) in [7, 11) is 0. The maximum atomic E-state index is 11.4. The van der Waals surface area contributed by atoms with Gasteiger partial charge in [-0.3, -0.25) is 0 Å². The van der Waals surface area contributed by atoms with Crippen LogP contribution in [0.25, 0.3) is 11.5 Å². The van der Waals surface area contributed by atoms with E-state index in [9.17, 15) is 9.90 Å². The molecule has 102 valence electrons. The molecule has 1 N–H and O–H groups in total. The number of benzene rings is 1. The first-order valence-corrected chi connectivity index (χ1v) is 7.02. The molecule has 4 rings (SSSR count). The van der Waals surface area contributed by atoms with Crippen LogP contribution in [-0.2, 0) is 0 Å². The Morgan fingerprint density at radius 2 is 1.85 bits per heavy atom. The molecule has 0 bridgehead atoms. The van der Waals surface area contributed by atoms with E-state index in [0.29, 0.717) is 11.7 Å². The predicted octanol–water partition coefficient (Wildman–Crippen LogP) is 3.55. The van der Waals surface area contributed by atoms with Crippen LogP contribution < -0.4 is 0 Å². The van der Waals surface area contributed by atoms with Crippen molar-refractivity contribution in [2.45, 2.75) is 25.2 Å².